The van der Waals surface area contributed by atoms with E-state index in [9.17, 15) is 10.2 Å². The van der Waals surface area contributed by atoms with Gasteiger partial charge in [0.05, 0.1) is 11.4 Å². The molecule has 0 atom stereocenters. The SMILES string of the molecule is CC(C)O.CC(C)O.Oc1ccccc1C=Nc1ccc2ccccc2c1-c1c(N=Cc2ccccc2O)ccc2ccccc12.[Ti]. The summed E-state index contributed by atoms with van der Waals surface area (Å²) >= 11 is 0. The van der Waals surface area contributed by atoms with Crippen molar-refractivity contribution in [2.75, 3.05) is 0 Å². The van der Waals surface area contributed by atoms with E-state index < -0.39 is 0 Å². The van der Waals surface area contributed by atoms with E-state index in [2.05, 4.69) is 36.4 Å². The van der Waals surface area contributed by atoms with Crippen molar-refractivity contribution in [3.63, 3.8) is 0 Å². The van der Waals surface area contributed by atoms with Gasteiger partial charge in [-0.25, -0.2) is 0 Å². The maximum absolute atomic E-state index is 10.3. The fourth-order valence-electron chi connectivity index (χ4n) is 4.73. The van der Waals surface area contributed by atoms with Crippen molar-refractivity contribution in [3.8, 4) is 22.6 Å². The molecular weight excluding hydrogens is 620 g/mol. The van der Waals surface area contributed by atoms with Crippen LogP contribution in [0.1, 0.15) is 38.8 Å². The number of aromatic hydroxyl groups is 2. The molecular formula is C40H40N2O4Ti. The van der Waals surface area contributed by atoms with Crippen LogP contribution in [0.4, 0.5) is 11.4 Å². The number of hydrogen-bond acceptors (Lipinski definition) is 6. The van der Waals surface area contributed by atoms with Crippen LogP contribution in [-0.4, -0.2) is 45.1 Å². The minimum Gasteiger partial charge on any atom is -0.507 e. The number of phenols is 2. The van der Waals surface area contributed by atoms with Crippen LogP contribution in [0.3, 0.4) is 0 Å². The van der Waals surface area contributed by atoms with Crippen molar-refractivity contribution < 1.29 is 42.1 Å². The minimum atomic E-state index is -0.167. The Hall–Kier alpha value is -4.59. The molecule has 0 unspecified atom stereocenters. The maximum Gasteiger partial charge on any atom is 0.124 e. The molecule has 6 aromatic carbocycles. The van der Waals surface area contributed by atoms with Gasteiger partial charge in [-0.2, -0.15) is 0 Å². The molecule has 7 heteroatoms. The number of para-hydroxylation sites is 2. The van der Waals surface area contributed by atoms with Crippen LogP contribution in [0.25, 0.3) is 32.7 Å². The molecule has 0 aliphatic carbocycles. The molecule has 47 heavy (non-hydrogen) atoms. The molecule has 6 rings (SSSR count). The third-order valence-corrected chi connectivity index (χ3v) is 6.62. The molecule has 0 saturated carbocycles. The summed E-state index contributed by atoms with van der Waals surface area (Å²) in [7, 11) is 0. The van der Waals surface area contributed by atoms with Crippen LogP contribution in [0.2, 0.25) is 0 Å². The average molecular weight is 661 g/mol. The number of aliphatic imine (C=N–C) groups is 2. The van der Waals surface area contributed by atoms with E-state index in [1.165, 1.54) is 0 Å². The number of aliphatic hydroxyl groups excluding tert-OH is 2. The molecule has 0 aromatic heterocycles. The Morgan fingerprint density at radius 2 is 0.787 bits per heavy atom. The summed E-state index contributed by atoms with van der Waals surface area (Å²) in [6.45, 7) is 6.89. The number of rotatable bonds is 5. The first-order valence-corrected chi connectivity index (χ1v) is 15.2. The van der Waals surface area contributed by atoms with Crippen LogP contribution >= 0.6 is 0 Å². The Labute approximate surface area is 291 Å². The van der Waals surface area contributed by atoms with E-state index in [4.69, 9.17) is 20.2 Å². The van der Waals surface area contributed by atoms with Crippen molar-refractivity contribution in [1.29, 1.82) is 0 Å². The normalized spacial score (nSPS) is 11.0. The van der Waals surface area contributed by atoms with Gasteiger partial charge in [0.25, 0.3) is 0 Å². The van der Waals surface area contributed by atoms with Crippen LogP contribution in [0, 0.1) is 0 Å². The minimum absolute atomic E-state index is 0. The number of hydrogen-bond donors (Lipinski definition) is 4. The second kappa shape index (κ2) is 17.9. The van der Waals surface area contributed by atoms with Gasteiger partial charge in [0.1, 0.15) is 11.5 Å². The Bertz CT molecular complexity index is 1820. The van der Waals surface area contributed by atoms with Gasteiger partial charge in [0.15, 0.2) is 0 Å². The molecule has 6 aromatic rings. The van der Waals surface area contributed by atoms with E-state index >= 15 is 0 Å². The third kappa shape index (κ3) is 10.2. The van der Waals surface area contributed by atoms with E-state index in [0.717, 1.165) is 44.0 Å². The molecule has 0 spiro atoms. The summed E-state index contributed by atoms with van der Waals surface area (Å²) in [5.41, 5.74) is 4.72. The van der Waals surface area contributed by atoms with Gasteiger partial charge < -0.3 is 20.4 Å². The van der Waals surface area contributed by atoms with Gasteiger partial charge in [-0.3, -0.25) is 9.98 Å². The van der Waals surface area contributed by atoms with Crippen LogP contribution in [0.5, 0.6) is 11.5 Å². The smallest absolute Gasteiger partial charge is 0.124 e. The first-order valence-electron chi connectivity index (χ1n) is 15.2. The molecule has 4 N–H and O–H groups in total. The Morgan fingerprint density at radius 3 is 1.15 bits per heavy atom. The number of phenolic OH excluding ortho intramolecular Hbond substituents is 2. The second-order valence-corrected chi connectivity index (χ2v) is 11.2. The van der Waals surface area contributed by atoms with E-state index in [-0.39, 0.29) is 45.4 Å². The topological polar surface area (TPSA) is 106 Å². The van der Waals surface area contributed by atoms with Crippen molar-refractivity contribution in [2.45, 2.75) is 39.9 Å². The van der Waals surface area contributed by atoms with Crippen LogP contribution in [0.15, 0.2) is 131 Å². The molecule has 0 aliphatic rings. The van der Waals surface area contributed by atoms with E-state index in [1.54, 1.807) is 64.4 Å². The van der Waals surface area contributed by atoms with E-state index in [1.807, 2.05) is 60.7 Å². The fourth-order valence-corrected chi connectivity index (χ4v) is 4.73. The molecule has 238 valence electrons. The number of benzene rings is 6. The predicted octanol–water partition coefficient (Wildman–Crippen LogP) is 9.34. The molecule has 0 heterocycles. The number of aliphatic hydroxyl groups is 2. The summed E-state index contributed by atoms with van der Waals surface area (Å²) in [6.07, 6.45) is 3.05. The number of nitrogens with zero attached hydrogens (tertiary/aromatic N) is 2. The quantitative estimate of drug-likeness (QED) is 0.109. The summed E-state index contributed by atoms with van der Waals surface area (Å²) < 4.78 is 0. The number of fused-ring (bicyclic) bond motifs is 2. The predicted molar refractivity (Wildman–Crippen MR) is 192 cm³/mol. The second-order valence-electron chi connectivity index (χ2n) is 11.2. The maximum atomic E-state index is 10.3. The van der Waals surface area contributed by atoms with Gasteiger partial charge in [0.2, 0.25) is 0 Å². The molecule has 0 radical (unpaired) electrons. The summed E-state index contributed by atoms with van der Waals surface area (Å²) in [6, 6.07) is 38.9. The monoisotopic (exact) mass is 660 g/mol. The Balaban J connectivity index is 0.000000602. The largest absolute Gasteiger partial charge is 0.507 e. The van der Waals surface area contributed by atoms with Crippen molar-refractivity contribution in [2.24, 2.45) is 9.98 Å². The van der Waals surface area contributed by atoms with E-state index in [0.29, 0.717) is 11.1 Å². The van der Waals surface area contributed by atoms with Gasteiger partial charge in [0, 0.05) is 68.6 Å². The first-order chi connectivity index (χ1) is 22.2. The van der Waals surface area contributed by atoms with Crippen molar-refractivity contribution in [3.05, 3.63) is 132 Å². The fraction of sp³-hybridized carbons (Fsp3) is 0.150. The molecule has 0 bridgehead atoms. The molecule has 0 aliphatic heterocycles. The van der Waals surface area contributed by atoms with Gasteiger partial charge in [-0.1, -0.05) is 84.9 Å². The molecule has 0 amide bonds. The van der Waals surface area contributed by atoms with Crippen molar-refractivity contribution >= 4 is 45.3 Å². The van der Waals surface area contributed by atoms with Crippen molar-refractivity contribution in [1.82, 2.24) is 0 Å². The zero-order valence-corrected chi connectivity index (χ0v) is 28.6. The standard InChI is InChI=1S/C34H24N2O2.2C3H8O.Ti/c37-31-15-7-3-11-25(31)21-35-29-19-17-23-9-1-5-13-27(23)33(29)34-28-14-6-2-10-24(28)18-20-30(34)36-22-26-12-4-8-16-32(26)38;2*1-3(2)4;/h1-22,37-38H;2*3-4H,1-2H3;. The molecule has 0 fully saturated rings. The van der Waals surface area contributed by atoms with Gasteiger partial charge in [-0.05, 0) is 85.6 Å². The molecule has 0 saturated heterocycles. The zero-order valence-electron chi connectivity index (χ0n) is 27.0. The van der Waals surface area contributed by atoms with Gasteiger partial charge in [-0.15, -0.1) is 0 Å². The summed E-state index contributed by atoms with van der Waals surface area (Å²) in [5, 5.41) is 41.0. The van der Waals surface area contributed by atoms with Gasteiger partial charge >= 0.3 is 0 Å². The van der Waals surface area contributed by atoms with Crippen LogP contribution in [-0.2, 0) is 21.7 Å². The summed E-state index contributed by atoms with van der Waals surface area (Å²) in [4.78, 5) is 9.73. The Morgan fingerprint density at radius 1 is 0.468 bits per heavy atom. The zero-order chi connectivity index (χ0) is 33.1. The Kier molecular flexibility index (Phi) is 14.1. The first kappa shape index (κ1) is 36.9. The summed E-state index contributed by atoms with van der Waals surface area (Å²) in [5.74, 6) is 0.355. The van der Waals surface area contributed by atoms with Crippen LogP contribution < -0.4 is 0 Å². The molecule has 6 nitrogen and oxygen atoms in total. The average Bonchev–Trinajstić information content (AvgIpc) is 3.03. The third-order valence-electron chi connectivity index (χ3n) is 6.62.